The summed E-state index contributed by atoms with van der Waals surface area (Å²) < 4.78 is 0. The predicted octanol–water partition coefficient (Wildman–Crippen LogP) is 3.33. The molecule has 0 aliphatic heterocycles. The van der Waals surface area contributed by atoms with Crippen LogP contribution in [-0.2, 0) is 12.0 Å². The Bertz CT molecular complexity index is 351. The summed E-state index contributed by atoms with van der Waals surface area (Å²) in [4.78, 5) is 5.79. The fourth-order valence-corrected chi connectivity index (χ4v) is 3.01. The van der Waals surface area contributed by atoms with E-state index in [0.717, 1.165) is 19.5 Å². The number of aromatic nitrogens is 1. The van der Waals surface area contributed by atoms with Crippen molar-refractivity contribution in [1.82, 2.24) is 10.3 Å². The smallest absolute Gasteiger partial charge is 0.0981 e. The Kier molecular flexibility index (Phi) is 6.97. The van der Waals surface area contributed by atoms with Crippen LogP contribution >= 0.6 is 11.3 Å². The molecule has 2 N–H and O–H groups in total. The van der Waals surface area contributed by atoms with E-state index in [1.165, 1.54) is 22.7 Å². The summed E-state index contributed by atoms with van der Waals surface area (Å²) in [5, 5.41) is 13.7. The highest BCUT2D eigenvalue weighted by atomic mass is 32.1. The zero-order valence-corrected chi connectivity index (χ0v) is 13.5. The van der Waals surface area contributed by atoms with Crippen molar-refractivity contribution in [3.05, 3.63) is 16.1 Å². The van der Waals surface area contributed by atoms with Crippen LogP contribution in [0.25, 0.3) is 0 Å². The lowest BCUT2D eigenvalue weighted by atomic mass is 9.98. The third kappa shape index (κ3) is 6.02. The SMILES string of the molecule is CCCC(CCO)CNCc1cnc(C(C)(C)C)s1. The number of hydrogen-bond donors (Lipinski definition) is 2. The van der Waals surface area contributed by atoms with Crippen molar-refractivity contribution in [2.24, 2.45) is 5.92 Å². The number of hydrogen-bond acceptors (Lipinski definition) is 4. The summed E-state index contributed by atoms with van der Waals surface area (Å²) in [7, 11) is 0. The Morgan fingerprint density at radius 3 is 2.63 bits per heavy atom. The lowest BCUT2D eigenvalue weighted by Gasteiger charge is -2.15. The second kappa shape index (κ2) is 7.98. The molecule has 1 heterocycles. The number of aliphatic hydroxyl groups is 1. The average Bonchev–Trinajstić information content (AvgIpc) is 2.78. The van der Waals surface area contributed by atoms with E-state index in [0.29, 0.717) is 12.5 Å². The molecule has 0 bridgehead atoms. The molecule has 1 aromatic rings. The normalized spacial score (nSPS) is 13.7. The zero-order valence-electron chi connectivity index (χ0n) is 12.7. The van der Waals surface area contributed by atoms with Gasteiger partial charge in [0.05, 0.1) is 5.01 Å². The molecular weight excluding hydrogens is 256 g/mol. The lowest BCUT2D eigenvalue weighted by molar-refractivity contribution is 0.248. The van der Waals surface area contributed by atoms with Gasteiger partial charge in [-0.05, 0) is 25.3 Å². The van der Waals surface area contributed by atoms with Crippen LogP contribution in [0, 0.1) is 5.92 Å². The van der Waals surface area contributed by atoms with Crippen molar-refractivity contribution < 1.29 is 5.11 Å². The van der Waals surface area contributed by atoms with E-state index >= 15 is 0 Å². The predicted molar refractivity (Wildman–Crippen MR) is 82.6 cm³/mol. The Morgan fingerprint density at radius 2 is 2.11 bits per heavy atom. The third-order valence-electron chi connectivity index (χ3n) is 3.16. The van der Waals surface area contributed by atoms with Gasteiger partial charge in [0.25, 0.3) is 0 Å². The van der Waals surface area contributed by atoms with Crippen molar-refractivity contribution in [3.8, 4) is 0 Å². The standard InChI is InChI=1S/C15H28N2OS/c1-5-6-12(7-8-18)9-16-10-13-11-17-14(19-13)15(2,3)4/h11-12,16,18H,5-10H2,1-4H3. The molecule has 1 rings (SSSR count). The second-order valence-electron chi connectivity index (χ2n) is 6.18. The first kappa shape index (κ1) is 16.6. The zero-order chi connectivity index (χ0) is 14.3. The van der Waals surface area contributed by atoms with Gasteiger partial charge in [-0.15, -0.1) is 11.3 Å². The first-order chi connectivity index (χ1) is 8.97. The molecular formula is C15H28N2OS. The molecule has 1 unspecified atom stereocenters. The molecule has 0 saturated carbocycles. The van der Waals surface area contributed by atoms with Crippen molar-refractivity contribution in [3.63, 3.8) is 0 Å². The van der Waals surface area contributed by atoms with Crippen LogP contribution < -0.4 is 5.32 Å². The molecule has 0 spiro atoms. The van der Waals surface area contributed by atoms with Crippen LogP contribution in [0.2, 0.25) is 0 Å². The van der Waals surface area contributed by atoms with Crippen LogP contribution in [0.4, 0.5) is 0 Å². The first-order valence-corrected chi connectivity index (χ1v) is 8.05. The van der Waals surface area contributed by atoms with Crippen molar-refractivity contribution >= 4 is 11.3 Å². The van der Waals surface area contributed by atoms with Gasteiger partial charge in [-0.3, -0.25) is 0 Å². The minimum Gasteiger partial charge on any atom is -0.396 e. The van der Waals surface area contributed by atoms with Crippen molar-refractivity contribution in [2.75, 3.05) is 13.2 Å². The highest BCUT2D eigenvalue weighted by Gasteiger charge is 2.17. The van der Waals surface area contributed by atoms with Gasteiger partial charge in [0.1, 0.15) is 0 Å². The molecule has 1 aromatic heterocycles. The monoisotopic (exact) mass is 284 g/mol. The number of nitrogens with one attached hydrogen (secondary N) is 1. The van der Waals surface area contributed by atoms with Crippen molar-refractivity contribution in [2.45, 2.75) is 58.9 Å². The van der Waals surface area contributed by atoms with Gasteiger partial charge < -0.3 is 10.4 Å². The maximum absolute atomic E-state index is 9.04. The summed E-state index contributed by atoms with van der Waals surface area (Å²) in [5.74, 6) is 0.588. The number of thiazole rings is 1. The number of aliphatic hydroxyl groups excluding tert-OH is 1. The van der Waals surface area contributed by atoms with Crippen LogP contribution in [0.15, 0.2) is 6.20 Å². The summed E-state index contributed by atoms with van der Waals surface area (Å²) in [6.07, 6.45) is 5.25. The minimum atomic E-state index is 0.143. The van der Waals surface area contributed by atoms with Crippen molar-refractivity contribution in [1.29, 1.82) is 0 Å². The van der Waals surface area contributed by atoms with Gasteiger partial charge >= 0.3 is 0 Å². The van der Waals surface area contributed by atoms with Gasteiger partial charge in [0.2, 0.25) is 0 Å². The molecule has 0 aliphatic rings. The van der Waals surface area contributed by atoms with E-state index in [2.05, 4.69) is 38.0 Å². The Morgan fingerprint density at radius 1 is 1.37 bits per heavy atom. The summed E-state index contributed by atoms with van der Waals surface area (Å²) >= 11 is 1.80. The molecule has 0 fully saturated rings. The van der Waals surface area contributed by atoms with Gasteiger partial charge in [-0.25, -0.2) is 4.98 Å². The minimum absolute atomic E-state index is 0.143. The fourth-order valence-electron chi connectivity index (χ4n) is 2.07. The van der Waals surface area contributed by atoms with Gasteiger partial charge in [-0.2, -0.15) is 0 Å². The van der Waals surface area contributed by atoms with Gasteiger partial charge in [0.15, 0.2) is 0 Å². The molecule has 0 radical (unpaired) electrons. The van der Waals surface area contributed by atoms with Gasteiger partial charge in [0, 0.05) is 29.6 Å². The Balaban J connectivity index is 2.38. The van der Waals surface area contributed by atoms with Gasteiger partial charge in [-0.1, -0.05) is 34.1 Å². The maximum Gasteiger partial charge on any atom is 0.0981 e. The molecule has 110 valence electrons. The average molecular weight is 284 g/mol. The fraction of sp³-hybridized carbons (Fsp3) is 0.800. The third-order valence-corrected chi connectivity index (χ3v) is 4.58. The molecule has 0 saturated heterocycles. The van der Waals surface area contributed by atoms with E-state index in [9.17, 15) is 0 Å². The van der Waals surface area contributed by atoms with Crippen LogP contribution in [0.3, 0.4) is 0 Å². The highest BCUT2D eigenvalue weighted by molar-refractivity contribution is 7.11. The molecule has 19 heavy (non-hydrogen) atoms. The summed E-state index contributed by atoms with van der Waals surface area (Å²) in [6.45, 7) is 10.9. The van der Waals surface area contributed by atoms with Crippen LogP contribution in [0.1, 0.15) is 56.8 Å². The van der Waals surface area contributed by atoms with E-state index in [-0.39, 0.29) is 5.41 Å². The topological polar surface area (TPSA) is 45.1 Å². The maximum atomic E-state index is 9.04. The molecule has 3 nitrogen and oxygen atoms in total. The van der Waals surface area contributed by atoms with E-state index in [1.807, 2.05) is 6.20 Å². The van der Waals surface area contributed by atoms with E-state index in [4.69, 9.17) is 5.11 Å². The number of nitrogens with zero attached hydrogens (tertiary/aromatic N) is 1. The first-order valence-electron chi connectivity index (χ1n) is 7.24. The largest absolute Gasteiger partial charge is 0.396 e. The van der Waals surface area contributed by atoms with Crippen LogP contribution in [0.5, 0.6) is 0 Å². The second-order valence-corrected chi connectivity index (χ2v) is 7.29. The Labute approximate surface area is 121 Å². The van der Waals surface area contributed by atoms with E-state index in [1.54, 1.807) is 11.3 Å². The number of rotatable bonds is 8. The lowest BCUT2D eigenvalue weighted by Crippen LogP contribution is -2.23. The Hall–Kier alpha value is -0.450. The summed E-state index contributed by atoms with van der Waals surface area (Å²) in [5.41, 5.74) is 0.143. The molecule has 4 heteroatoms. The molecule has 0 amide bonds. The molecule has 0 aromatic carbocycles. The summed E-state index contributed by atoms with van der Waals surface area (Å²) in [6, 6.07) is 0. The quantitative estimate of drug-likeness (QED) is 0.769. The molecule has 1 atom stereocenters. The highest BCUT2D eigenvalue weighted by Crippen LogP contribution is 2.26. The molecule has 0 aliphatic carbocycles. The van der Waals surface area contributed by atoms with Crippen LogP contribution in [-0.4, -0.2) is 23.2 Å². The van der Waals surface area contributed by atoms with E-state index < -0.39 is 0 Å².